The van der Waals surface area contributed by atoms with E-state index in [-0.39, 0.29) is 19.3 Å². The summed E-state index contributed by atoms with van der Waals surface area (Å²) in [5, 5.41) is 0. The third-order valence-corrected chi connectivity index (χ3v) is 3.95. The van der Waals surface area contributed by atoms with E-state index < -0.39 is 17.6 Å². The molecular weight excluding hydrogens is 337 g/mol. The first-order valence-corrected chi connectivity index (χ1v) is 8.23. The van der Waals surface area contributed by atoms with Crippen molar-refractivity contribution in [1.29, 1.82) is 0 Å². The molecule has 0 bridgehead atoms. The topological polar surface area (TPSA) is 63.9 Å². The van der Waals surface area contributed by atoms with E-state index in [2.05, 4.69) is 9.88 Å². The smallest absolute Gasteiger partial charge is 0.421 e. The van der Waals surface area contributed by atoms with Crippen LogP contribution in [0.2, 0.25) is 0 Å². The minimum Gasteiger partial charge on any atom is -0.475 e. The van der Waals surface area contributed by atoms with E-state index in [1.54, 1.807) is 0 Å². The maximum atomic E-state index is 13.3. The highest BCUT2D eigenvalue weighted by atomic mass is 19.4. The van der Waals surface area contributed by atoms with Gasteiger partial charge in [-0.1, -0.05) is 0 Å². The van der Waals surface area contributed by atoms with Gasteiger partial charge in [-0.2, -0.15) is 13.2 Å². The molecule has 1 fully saturated rings. The third-order valence-electron chi connectivity index (χ3n) is 3.95. The molecule has 0 saturated carbocycles. The highest BCUT2D eigenvalue weighted by Crippen LogP contribution is 2.37. The van der Waals surface area contributed by atoms with Gasteiger partial charge in [-0.3, -0.25) is 4.90 Å². The Morgan fingerprint density at radius 2 is 1.92 bits per heavy atom. The molecule has 1 aliphatic rings. The van der Waals surface area contributed by atoms with Gasteiger partial charge in [0.2, 0.25) is 5.88 Å². The minimum absolute atomic E-state index is 0.0157. The number of ether oxygens (including phenoxy) is 2. The molecule has 1 unspecified atom stereocenters. The van der Waals surface area contributed by atoms with Crippen LogP contribution in [0.5, 0.6) is 5.88 Å². The number of halogens is 3. The molecule has 0 aromatic carbocycles. The molecule has 25 heavy (non-hydrogen) atoms. The number of hydrogen-bond donors (Lipinski definition) is 1. The van der Waals surface area contributed by atoms with Crippen molar-refractivity contribution in [3.05, 3.63) is 17.8 Å². The van der Waals surface area contributed by atoms with Crippen LogP contribution in [0.25, 0.3) is 0 Å². The molecule has 6 nitrogen and oxygen atoms in total. The molecule has 0 radical (unpaired) electrons. The standard InChI is InChI=1S/C16H25F3N4O2/c1-12(20)11-22-3-5-23(6-4-22)13-9-14(16(17,18)19)15(21-10-13)25-8-7-24-2/h9-10,12H,3-8,11,20H2,1-2H3. The monoisotopic (exact) mass is 362 g/mol. The van der Waals surface area contributed by atoms with Crippen molar-refractivity contribution < 1.29 is 22.6 Å². The lowest BCUT2D eigenvalue weighted by molar-refractivity contribution is -0.139. The number of nitrogens with two attached hydrogens (primary N) is 1. The van der Waals surface area contributed by atoms with Crippen molar-refractivity contribution in [2.24, 2.45) is 5.73 Å². The first-order chi connectivity index (χ1) is 11.8. The van der Waals surface area contributed by atoms with Crippen LogP contribution in [0.4, 0.5) is 18.9 Å². The van der Waals surface area contributed by atoms with E-state index in [1.165, 1.54) is 13.3 Å². The van der Waals surface area contributed by atoms with E-state index >= 15 is 0 Å². The van der Waals surface area contributed by atoms with E-state index in [0.717, 1.165) is 25.7 Å². The van der Waals surface area contributed by atoms with Crippen molar-refractivity contribution in [1.82, 2.24) is 9.88 Å². The number of alkyl halides is 3. The lowest BCUT2D eigenvalue weighted by Crippen LogP contribution is -2.49. The molecule has 142 valence electrons. The van der Waals surface area contributed by atoms with Gasteiger partial charge in [-0.05, 0) is 13.0 Å². The van der Waals surface area contributed by atoms with Crippen molar-refractivity contribution in [3.63, 3.8) is 0 Å². The molecule has 1 aromatic rings. The summed E-state index contributed by atoms with van der Waals surface area (Å²) in [5.74, 6) is -0.413. The number of rotatable bonds is 7. The fourth-order valence-corrected chi connectivity index (χ4v) is 2.75. The summed E-state index contributed by atoms with van der Waals surface area (Å²) < 4.78 is 49.9. The molecule has 1 aromatic heterocycles. The van der Waals surface area contributed by atoms with Crippen LogP contribution < -0.4 is 15.4 Å². The molecule has 1 aliphatic heterocycles. The Kier molecular flexibility index (Phi) is 6.86. The Bertz CT molecular complexity index is 547. The van der Waals surface area contributed by atoms with Crippen LogP contribution in [0.15, 0.2) is 12.3 Å². The second-order valence-corrected chi connectivity index (χ2v) is 6.15. The van der Waals surface area contributed by atoms with Gasteiger partial charge in [0.1, 0.15) is 12.2 Å². The second-order valence-electron chi connectivity index (χ2n) is 6.15. The molecule has 0 spiro atoms. The lowest BCUT2D eigenvalue weighted by Gasteiger charge is -2.36. The quantitative estimate of drug-likeness (QED) is 0.744. The molecule has 1 saturated heterocycles. The number of piperazine rings is 1. The highest BCUT2D eigenvalue weighted by molar-refractivity contribution is 5.50. The Hall–Kier alpha value is -1.58. The average Bonchev–Trinajstić information content (AvgIpc) is 2.54. The van der Waals surface area contributed by atoms with Crippen LogP contribution >= 0.6 is 0 Å². The van der Waals surface area contributed by atoms with E-state index in [1.807, 2.05) is 11.8 Å². The zero-order valence-electron chi connectivity index (χ0n) is 14.6. The maximum Gasteiger partial charge on any atom is 0.421 e. The van der Waals surface area contributed by atoms with Gasteiger partial charge in [-0.15, -0.1) is 0 Å². The zero-order valence-corrected chi connectivity index (χ0v) is 14.6. The van der Waals surface area contributed by atoms with Crippen molar-refractivity contribution in [2.75, 3.05) is 57.9 Å². The van der Waals surface area contributed by atoms with Crippen LogP contribution in [0, 0.1) is 0 Å². The number of methoxy groups -OCH3 is 1. The van der Waals surface area contributed by atoms with E-state index in [0.29, 0.717) is 18.8 Å². The highest BCUT2D eigenvalue weighted by Gasteiger charge is 2.36. The Labute approximate surface area is 145 Å². The summed E-state index contributed by atoms with van der Waals surface area (Å²) in [7, 11) is 1.45. The fraction of sp³-hybridized carbons (Fsp3) is 0.688. The van der Waals surface area contributed by atoms with Gasteiger partial charge >= 0.3 is 6.18 Å². The van der Waals surface area contributed by atoms with Crippen LogP contribution in [-0.4, -0.2) is 69.0 Å². The van der Waals surface area contributed by atoms with Gasteiger partial charge in [0.05, 0.1) is 18.5 Å². The minimum atomic E-state index is -4.53. The van der Waals surface area contributed by atoms with E-state index in [4.69, 9.17) is 15.2 Å². The third kappa shape index (κ3) is 5.72. The summed E-state index contributed by atoms with van der Waals surface area (Å²) in [4.78, 5) is 8.00. The van der Waals surface area contributed by atoms with Crippen LogP contribution in [0.3, 0.4) is 0 Å². The van der Waals surface area contributed by atoms with Gasteiger partial charge in [0, 0.05) is 45.9 Å². The largest absolute Gasteiger partial charge is 0.475 e. The molecule has 2 N–H and O–H groups in total. The fourth-order valence-electron chi connectivity index (χ4n) is 2.75. The number of hydrogen-bond acceptors (Lipinski definition) is 6. The predicted molar refractivity (Wildman–Crippen MR) is 88.9 cm³/mol. The molecule has 1 atom stereocenters. The number of pyridine rings is 1. The SMILES string of the molecule is COCCOc1ncc(N2CCN(CC(C)N)CC2)cc1C(F)(F)F. The average molecular weight is 362 g/mol. The molecule has 2 rings (SSSR count). The second kappa shape index (κ2) is 8.68. The number of nitrogens with zero attached hydrogens (tertiary/aromatic N) is 3. The number of aromatic nitrogens is 1. The van der Waals surface area contributed by atoms with Gasteiger partial charge in [0.15, 0.2) is 0 Å². The maximum absolute atomic E-state index is 13.3. The summed E-state index contributed by atoms with van der Waals surface area (Å²) in [6, 6.07) is 1.18. The Morgan fingerprint density at radius 3 is 2.48 bits per heavy atom. The first-order valence-electron chi connectivity index (χ1n) is 8.23. The summed E-state index contributed by atoms with van der Waals surface area (Å²) in [5.41, 5.74) is 5.38. The summed E-state index contributed by atoms with van der Waals surface area (Å²) in [6.07, 6.45) is -3.10. The van der Waals surface area contributed by atoms with Crippen LogP contribution in [0.1, 0.15) is 12.5 Å². The molecule has 2 heterocycles. The normalized spacial score (nSPS) is 17.6. The van der Waals surface area contributed by atoms with E-state index in [9.17, 15) is 13.2 Å². The van der Waals surface area contributed by atoms with Crippen molar-refractivity contribution in [2.45, 2.75) is 19.1 Å². The molecule has 0 amide bonds. The first kappa shape index (κ1) is 19.7. The van der Waals surface area contributed by atoms with Gasteiger partial charge in [-0.25, -0.2) is 4.98 Å². The molecule has 0 aliphatic carbocycles. The number of anilines is 1. The Balaban J connectivity index is 2.09. The van der Waals surface area contributed by atoms with Crippen molar-refractivity contribution >= 4 is 5.69 Å². The predicted octanol–water partition coefficient (Wildman–Crippen LogP) is 1.59. The van der Waals surface area contributed by atoms with Crippen LogP contribution in [-0.2, 0) is 10.9 Å². The molecule has 9 heteroatoms. The van der Waals surface area contributed by atoms with Crippen molar-refractivity contribution in [3.8, 4) is 5.88 Å². The van der Waals surface area contributed by atoms with Gasteiger partial charge < -0.3 is 20.1 Å². The summed E-state index contributed by atoms with van der Waals surface area (Å²) >= 11 is 0. The zero-order chi connectivity index (χ0) is 18.4. The summed E-state index contributed by atoms with van der Waals surface area (Å²) in [6.45, 7) is 5.72. The van der Waals surface area contributed by atoms with Gasteiger partial charge in [0.25, 0.3) is 0 Å². The molecular formula is C16H25F3N4O2. The lowest BCUT2D eigenvalue weighted by atomic mass is 10.2. The Morgan fingerprint density at radius 1 is 1.24 bits per heavy atom.